The van der Waals surface area contributed by atoms with Gasteiger partial charge >= 0.3 is 0 Å². The van der Waals surface area contributed by atoms with Gasteiger partial charge in [0.25, 0.3) is 0 Å². The summed E-state index contributed by atoms with van der Waals surface area (Å²) in [5.74, 6) is 0. The Bertz CT molecular complexity index is 306. The Labute approximate surface area is 106 Å². The Morgan fingerprint density at radius 2 is 2.18 bits per heavy atom. The van der Waals surface area contributed by atoms with Gasteiger partial charge in [0.15, 0.2) is 0 Å². The van der Waals surface area contributed by atoms with Crippen LogP contribution in [-0.2, 0) is 0 Å². The van der Waals surface area contributed by atoms with Gasteiger partial charge in [-0.05, 0) is 38.8 Å². The van der Waals surface area contributed by atoms with E-state index in [9.17, 15) is 0 Å². The Kier molecular flexibility index (Phi) is 4.41. The number of hydrogen-bond donors (Lipinski definition) is 0. The predicted octanol–water partition coefficient (Wildman–Crippen LogP) is 2.68. The van der Waals surface area contributed by atoms with Crippen LogP contribution in [0.15, 0.2) is 23.8 Å². The zero-order chi connectivity index (χ0) is 12.3. The fourth-order valence-corrected chi connectivity index (χ4v) is 3.04. The number of piperazine rings is 1. The second kappa shape index (κ2) is 5.83. The van der Waals surface area contributed by atoms with Crippen LogP contribution in [0.2, 0.25) is 0 Å². The van der Waals surface area contributed by atoms with Gasteiger partial charge in [0, 0.05) is 31.7 Å². The van der Waals surface area contributed by atoms with E-state index in [0.717, 1.165) is 0 Å². The van der Waals surface area contributed by atoms with Gasteiger partial charge in [-0.3, -0.25) is 4.90 Å². The fourth-order valence-electron chi connectivity index (χ4n) is 3.04. The zero-order valence-corrected chi connectivity index (χ0v) is 11.5. The summed E-state index contributed by atoms with van der Waals surface area (Å²) in [5.41, 5.74) is 1.52. The maximum atomic E-state index is 2.66. The van der Waals surface area contributed by atoms with Crippen molar-refractivity contribution in [1.29, 1.82) is 0 Å². The normalized spacial score (nSPS) is 29.1. The van der Waals surface area contributed by atoms with Crippen molar-refractivity contribution in [2.45, 2.75) is 45.7 Å². The number of rotatable bonds is 3. The van der Waals surface area contributed by atoms with E-state index in [4.69, 9.17) is 0 Å². The molecule has 0 radical (unpaired) electrons. The standard InChI is InChI=1S/C15H26N2/c1-4-16-10-11-17(13(2)12-16)14(3)15-8-6-5-7-9-15/h6,8-9,13-14H,4-5,7,10-12H2,1-3H3. The summed E-state index contributed by atoms with van der Waals surface area (Å²) in [6.45, 7) is 11.8. The molecule has 0 bridgehead atoms. The van der Waals surface area contributed by atoms with E-state index in [-0.39, 0.29) is 0 Å². The molecular formula is C15H26N2. The molecule has 1 aliphatic carbocycles. The molecule has 2 atom stereocenters. The van der Waals surface area contributed by atoms with Gasteiger partial charge < -0.3 is 4.90 Å². The third kappa shape index (κ3) is 2.99. The SMILES string of the molecule is CCN1CCN(C(C)C2=CCCC=C2)C(C)C1. The summed E-state index contributed by atoms with van der Waals surface area (Å²) in [7, 11) is 0. The molecule has 2 heteroatoms. The summed E-state index contributed by atoms with van der Waals surface area (Å²) >= 11 is 0. The molecular weight excluding hydrogens is 208 g/mol. The van der Waals surface area contributed by atoms with Crippen molar-refractivity contribution >= 4 is 0 Å². The first kappa shape index (κ1) is 12.8. The molecule has 0 N–H and O–H groups in total. The van der Waals surface area contributed by atoms with Crippen LogP contribution >= 0.6 is 0 Å². The van der Waals surface area contributed by atoms with E-state index < -0.39 is 0 Å². The van der Waals surface area contributed by atoms with Crippen molar-refractivity contribution in [3.63, 3.8) is 0 Å². The molecule has 0 aromatic carbocycles. The van der Waals surface area contributed by atoms with Gasteiger partial charge in [0.1, 0.15) is 0 Å². The van der Waals surface area contributed by atoms with E-state index in [2.05, 4.69) is 48.8 Å². The molecule has 0 aromatic rings. The summed E-state index contributed by atoms with van der Waals surface area (Å²) in [6, 6.07) is 1.26. The average molecular weight is 234 g/mol. The maximum absolute atomic E-state index is 2.66. The minimum Gasteiger partial charge on any atom is -0.301 e. The molecule has 0 saturated carbocycles. The summed E-state index contributed by atoms with van der Waals surface area (Å²) in [5, 5.41) is 0. The lowest BCUT2D eigenvalue weighted by Crippen LogP contribution is -2.54. The van der Waals surface area contributed by atoms with Gasteiger partial charge in [0.05, 0.1) is 0 Å². The third-order valence-electron chi connectivity index (χ3n) is 4.21. The summed E-state index contributed by atoms with van der Waals surface area (Å²) in [6.07, 6.45) is 9.50. The minimum atomic E-state index is 0.584. The number of likely N-dealkylation sites (N-methyl/N-ethyl adjacent to an activating group) is 1. The van der Waals surface area contributed by atoms with Crippen LogP contribution in [0.4, 0.5) is 0 Å². The summed E-state index contributed by atoms with van der Waals surface area (Å²) < 4.78 is 0. The lowest BCUT2D eigenvalue weighted by Gasteiger charge is -2.43. The predicted molar refractivity (Wildman–Crippen MR) is 74.2 cm³/mol. The van der Waals surface area contributed by atoms with E-state index in [1.54, 1.807) is 0 Å². The smallest absolute Gasteiger partial charge is 0.0320 e. The lowest BCUT2D eigenvalue weighted by molar-refractivity contribution is 0.0691. The quantitative estimate of drug-likeness (QED) is 0.741. The number of nitrogens with zero attached hydrogens (tertiary/aromatic N) is 2. The number of hydrogen-bond acceptors (Lipinski definition) is 2. The Balaban J connectivity index is 1.98. The average Bonchev–Trinajstić information content (AvgIpc) is 2.39. The Morgan fingerprint density at radius 1 is 1.35 bits per heavy atom. The van der Waals surface area contributed by atoms with Crippen molar-refractivity contribution in [1.82, 2.24) is 9.80 Å². The molecule has 0 spiro atoms. The van der Waals surface area contributed by atoms with Crippen molar-refractivity contribution in [2.75, 3.05) is 26.2 Å². The minimum absolute atomic E-state index is 0.584. The number of allylic oxidation sites excluding steroid dienone is 2. The molecule has 96 valence electrons. The molecule has 2 aliphatic rings. The fraction of sp³-hybridized carbons (Fsp3) is 0.733. The van der Waals surface area contributed by atoms with E-state index in [1.165, 1.54) is 44.6 Å². The zero-order valence-electron chi connectivity index (χ0n) is 11.5. The molecule has 17 heavy (non-hydrogen) atoms. The molecule has 1 fully saturated rings. The van der Waals surface area contributed by atoms with Gasteiger partial charge in [-0.15, -0.1) is 0 Å². The Morgan fingerprint density at radius 3 is 2.76 bits per heavy atom. The van der Waals surface area contributed by atoms with Crippen molar-refractivity contribution < 1.29 is 0 Å². The van der Waals surface area contributed by atoms with Crippen LogP contribution < -0.4 is 0 Å². The first-order valence-electron chi connectivity index (χ1n) is 7.07. The second-order valence-corrected chi connectivity index (χ2v) is 5.34. The first-order valence-corrected chi connectivity index (χ1v) is 7.07. The van der Waals surface area contributed by atoms with Crippen LogP contribution in [0.5, 0.6) is 0 Å². The molecule has 1 aliphatic heterocycles. The molecule has 1 heterocycles. The first-order chi connectivity index (χ1) is 8.22. The highest BCUT2D eigenvalue weighted by atomic mass is 15.3. The summed E-state index contributed by atoms with van der Waals surface area (Å²) in [4.78, 5) is 5.21. The molecule has 1 saturated heterocycles. The van der Waals surface area contributed by atoms with Crippen LogP contribution in [0.1, 0.15) is 33.6 Å². The van der Waals surface area contributed by atoms with E-state index >= 15 is 0 Å². The second-order valence-electron chi connectivity index (χ2n) is 5.34. The maximum Gasteiger partial charge on any atom is 0.0320 e. The van der Waals surface area contributed by atoms with Crippen LogP contribution in [0.3, 0.4) is 0 Å². The largest absolute Gasteiger partial charge is 0.301 e. The van der Waals surface area contributed by atoms with Crippen LogP contribution in [0, 0.1) is 0 Å². The highest BCUT2D eigenvalue weighted by Crippen LogP contribution is 2.21. The van der Waals surface area contributed by atoms with Gasteiger partial charge in [-0.1, -0.05) is 25.2 Å². The monoisotopic (exact) mass is 234 g/mol. The topological polar surface area (TPSA) is 6.48 Å². The molecule has 0 amide bonds. The van der Waals surface area contributed by atoms with Crippen LogP contribution in [0.25, 0.3) is 0 Å². The highest BCUT2D eigenvalue weighted by molar-refractivity contribution is 5.27. The van der Waals surface area contributed by atoms with Gasteiger partial charge in [-0.2, -0.15) is 0 Å². The highest BCUT2D eigenvalue weighted by Gasteiger charge is 2.27. The van der Waals surface area contributed by atoms with Crippen molar-refractivity contribution in [2.24, 2.45) is 0 Å². The Hall–Kier alpha value is -0.600. The lowest BCUT2D eigenvalue weighted by atomic mass is 9.98. The molecule has 2 nitrogen and oxygen atoms in total. The molecule has 0 aromatic heterocycles. The third-order valence-corrected chi connectivity index (χ3v) is 4.21. The van der Waals surface area contributed by atoms with Gasteiger partial charge in [-0.25, -0.2) is 0 Å². The van der Waals surface area contributed by atoms with E-state index in [1.807, 2.05) is 0 Å². The van der Waals surface area contributed by atoms with Crippen molar-refractivity contribution in [3.05, 3.63) is 23.8 Å². The van der Waals surface area contributed by atoms with E-state index in [0.29, 0.717) is 12.1 Å². The van der Waals surface area contributed by atoms with Gasteiger partial charge in [0.2, 0.25) is 0 Å². The van der Waals surface area contributed by atoms with Crippen molar-refractivity contribution in [3.8, 4) is 0 Å². The van der Waals surface area contributed by atoms with Crippen LogP contribution in [-0.4, -0.2) is 48.1 Å². The molecule has 2 rings (SSSR count). The molecule has 2 unspecified atom stereocenters.